The predicted molar refractivity (Wildman–Crippen MR) is 161 cm³/mol. The molecule has 0 spiro atoms. The molecular weight excluding hydrogens is 580 g/mol. The third-order valence-electron chi connectivity index (χ3n) is 6.83. The Balaban J connectivity index is 1.45. The molecule has 210 valence electrons. The third kappa shape index (κ3) is 5.95. The number of Topliss-reactive ketones (excluding diaryl/α,β-unsaturated/α-hetero) is 1. The number of hydrogen-bond acceptors (Lipinski definition) is 10. The molecule has 1 aliphatic carbocycles. The van der Waals surface area contributed by atoms with Crippen molar-refractivity contribution in [3.05, 3.63) is 81.8 Å². The van der Waals surface area contributed by atoms with Gasteiger partial charge in [-0.1, -0.05) is 66.7 Å². The zero-order valence-electron chi connectivity index (χ0n) is 22.6. The summed E-state index contributed by atoms with van der Waals surface area (Å²) in [6.07, 6.45) is 0.893. The molecule has 0 saturated carbocycles. The minimum Gasteiger partial charge on any atom is -0.497 e. The van der Waals surface area contributed by atoms with E-state index in [1.807, 2.05) is 19.9 Å². The average molecular weight is 607 g/mol. The number of nitrogens with zero attached hydrogens (tertiary/aromatic N) is 4. The van der Waals surface area contributed by atoms with E-state index in [-0.39, 0.29) is 34.3 Å². The van der Waals surface area contributed by atoms with Gasteiger partial charge in [0, 0.05) is 34.5 Å². The van der Waals surface area contributed by atoms with Gasteiger partial charge in [0.05, 0.1) is 30.4 Å². The fraction of sp³-hybridized carbons (Fsp3) is 0.276. The van der Waals surface area contributed by atoms with Gasteiger partial charge in [-0.2, -0.15) is 5.26 Å². The lowest BCUT2D eigenvalue weighted by Gasteiger charge is -2.42. The summed E-state index contributed by atoms with van der Waals surface area (Å²) in [6, 6.07) is 16.5. The molecule has 2 heterocycles. The van der Waals surface area contributed by atoms with Gasteiger partial charge >= 0.3 is 0 Å². The van der Waals surface area contributed by atoms with Crippen LogP contribution in [0.1, 0.15) is 38.2 Å². The van der Waals surface area contributed by atoms with Crippen LogP contribution in [-0.2, 0) is 9.59 Å². The second-order valence-corrected chi connectivity index (χ2v) is 13.1. The summed E-state index contributed by atoms with van der Waals surface area (Å²) in [6.45, 7) is 4.06. The zero-order valence-corrected chi connectivity index (χ0v) is 25.0. The SMILES string of the molecule is COc1cccc(NC(=O)CSc2nnc(N3C(N)=C(C#N)C(c4cccc(Cl)c4)C4=C3CC(C)(C)CC4=O)s2)c1. The number of amides is 1. The Kier molecular flexibility index (Phi) is 8.09. The Hall–Kier alpha value is -3.85. The molecule has 41 heavy (non-hydrogen) atoms. The number of carbonyl (C=O) groups excluding carboxylic acids is 2. The smallest absolute Gasteiger partial charge is 0.234 e. The first-order chi connectivity index (χ1) is 19.6. The highest BCUT2D eigenvalue weighted by molar-refractivity contribution is 8.01. The van der Waals surface area contributed by atoms with E-state index in [0.29, 0.717) is 50.0 Å². The van der Waals surface area contributed by atoms with Crippen molar-refractivity contribution in [1.82, 2.24) is 10.2 Å². The van der Waals surface area contributed by atoms with Crippen LogP contribution in [0.25, 0.3) is 0 Å². The molecule has 12 heteroatoms. The Morgan fingerprint density at radius 1 is 1.27 bits per heavy atom. The molecule has 1 aliphatic heterocycles. The molecule has 1 amide bonds. The molecule has 1 unspecified atom stereocenters. The lowest BCUT2D eigenvalue weighted by atomic mass is 9.69. The number of nitrogens with two attached hydrogens (primary N) is 1. The van der Waals surface area contributed by atoms with Crippen LogP contribution in [0.15, 0.2) is 75.5 Å². The highest BCUT2D eigenvalue weighted by atomic mass is 35.5. The number of halogens is 1. The van der Waals surface area contributed by atoms with E-state index < -0.39 is 5.92 Å². The fourth-order valence-electron chi connectivity index (χ4n) is 5.12. The molecular formula is C29H27ClN6O3S2. The Bertz CT molecular complexity index is 1640. The third-order valence-corrected chi connectivity index (χ3v) is 9.11. The summed E-state index contributed by atoms with van der Waals surface area (Å²) in [5.74, 6) is 0.0687. The van der Waals surface area contributed by atoms with Crippen molar-refractivity contribution >= 4 is 57.2 Å². The van der Waals surface area contributed by atoms with Crippen molar-refractivity contribution in [3.8, 4) is 11.8 Å². The molecule has 0 fully saturated rings. The van der Waals surface area contributed by atoms with Crippen LogP contribution in [-0.4, -0.2) is 34.8 Å². The van der Waals surface area contributed by atoms with Crippen LogP contribution in [0.3, 0.4) is 0 Å². The van der Waals surface area contributed by atoms with Crippen LogP contribution in [0.5, 0.6) is 5.75 Å². The largest absolute Gasteiger partial charge is 0.497 e. The number of benzene rings is 2. The maximum absolute atomic E-state index is 13.7. The lowest BCUT2D eigenvalue weighted by Crippen LogP contribution is -2.42. The van der Waals surface area contributed by atoms with Crippen LogP contribution in [0, 0.1) is 16.7 Å². The topological polar surface area (TPSA) is 134 Å². The predicted octanol–water partition coefficient (Wildman–Crippen LogP) is 5.87. The number of thioether (sulfide) groups is 1. The van der Waals surface area contributed by atoms with Crippen molar-refractivity contribution in [1.29, 1.82) is 5.26 Å². The number of rotatable bonds is 7. The number of allylic oxidation sites excluding steroid dienone is 3. The molecule has 2 aliphatic rings. The molecule has 3 aromatic rings. The van der Waals surface area contributed by atoms with Crippen LogP contribution in [0.2, 0.25) is 5.02 Å². The second kappa shape index (κ2) is 11.6. The van der Waals surface area contributed by atoms with E-state index in [0.717, 1.165) is 5.56 Å². The molecule has 5 rings (SSSR count). The van der Waals surface area contributed by atoms with Gasteiger partial charge in [0.2, 0.25) is 11.0 Å². The Labute approximate surface area is 251 Å². The minimum atomic E-state index is -0.629. The maximum Gasteiger partial charge on any atom is 0.234 e. The van der Waals surface area contributed by atoms with Gasteiger partial charge in [0.15, 0.2) is 10.1 Å². The van der Waals surface area contributed by atoms with E-state index in [2.05, 4.69) is 21.6 Å². The van der Waals surface area contributed by atoms with Gasteiger partial charge in [-0.05, 0) is 41.7 Å². The number of aromatic nitrogens is 2. The van der Waals surface area contributed by atoms with E-state index in [1.165, 1.54) is 23.1 Å². The van der Waals surface area contributed by atoms with Gasteiger partial charge in [-0.3, -0.25) is 14.5 Å². The number of anilines is 2. The average Bonchev–Trinajstić information content (AvgIpc) is 3.39. The second-order valence-electron chi connectivity index (χ2n) is 10.5. The van der Waals surface area contributed by atoms with Gasteiger partial charge in [0.25, 0.3) is 0 Å². The molecule has 0 saturated heterocycles. The summed E-state index contributed by atoms with van der Waals surface area (Å²) in [5, 5.41) is 22.6. The highest BCUT2D eigenvalue weighted by Gasteiger charge is 2.45. The summed E-state index contributed by atoms with van der Waals surface area (Å²) >= 11 is 8.77. The van der Waals surface area contributed by atoms with Gasteiger partial charge in [-0.15, -0.1) is 10.2 Å². The van der Waals surface area contributed by atoms with E-state index >= 15 is 0 Å². The quantitative estimate of drug-likeness (QED) is 0.316. The van der Waals surface area contributed by atoms with Gasteiger partial charge in [-0.25, -0.2) is 0 Å². The molecule has 9 nitrogen and oxygen atoms in total. The first kappa shape index (κ1) is 28.7. The molecule has 0 radical (unpaired) electrons. The molecule has 1 atom stereocenters. The lowest BCUT2D eigenvalue weighted by molar-refractivity contribution is -0.118. The Morgan fingerprint density at radius 3 is 2.78 bits per heavy atom. The van der Waals surface area contributed by atoms with Gasteiger partial charge < -0.3 is 15.8 Å². The zero-order chi connectivity index (χ0) is 29.3. The van der Waals surface area contributed by atoms with Crippen molar-refractivity contribution < 1.29 is 14.3 Å². The number of carbonyl (C=O) groups is 2. The number of hydrogen-bond donors (Lipinski definition) is 2. The van der Waals surface area contributed by atoms with Crippen molar-refractivity contribution in [2.45, 2.75) is 36.9 Å². The number of ether oxygens (including phenoxy) is 1. The van der Waals surface area contributed by atoms with Crippen LogP contribution >= 0.6 is 34.7 Å². The number of nitrogens with one attached hydrogen (secondary N) is 1. The number of methoxy groups -OCH3 is 1. The van der Waals surface area contributed by atoms with Crippen molar-refractivity contribution in [2.24, 2.45) is 11.1 Å². The molecule has 0 bridgehead atoms. The van der Waals surface area contributed by atoms with Gasteiger partial charge in [0.1, 0.15) is 11.6 Å². The summed E-state index contributed by atoms with van der Waals surface area (Å²) in [4.78, 5) is 27.9. The maximum atomic E-state index is 13.7. The fourth-order valence-corrected chi connectivity index (χ4v) is 7.00. The molecule has 3 N–H and O–H groups in total. The molecule has 2 aromatic carbocycles. The van der Waals surface area contributed by atoms with Crippen LogP contribution in [0.4, 0.5) is 10.8 Å². The van der Waals surface area contributed by atoms with Crippen molar-refractivity contribution in [2.75, 3.05) is 23.1 Å². The normalized spacial score (nSPS) is 18.2. The number of nitriles is 1. The molecule has 1 aromatic heterocycles. The van der Waals surface area contributed by atoms with Crippen LogP contribution < -0.4 is 20.7 Å². The minimum absolute atomic E-state index is 0.0418. The van der Waals surface area contributed by atoms with E-state index in [4.69, 9.17) is 22.1 Å². The van der Waals surface area contributed by atoms with E-state index in [1.54, 1.807) is 54.5 Å². The summed E-state index contributed by atoms with van der Waals surface area (Å²) < 4.78 is 5.75. The summed E-state index contributed by atoms with van der Waals surface area (Å²) in [7, 11) is 1.56. The first-order valence-electron chi connectivity index (χ1n) is 12.7. The highest BCUT2D eigenvalue weighted by Crippen LogP contribution is 2.51. The first-order valence-corrected chi connectivity index (χ1v) is 14.9. The standard InChI is InChI=1S/C29H27ClN6O3S2/c1-29(2)12-21-25(22(37)13-29)24(16-6-4-7-17(30)10-16)20(14-31)26(32)36(21)27-34-35-28(41-27)40-15-23(38)33-18-8-5-9-19(11-18)39-3/h4-11,24H,12-13,15,32H2,1-3H3,(H,33,38). The monoisotopic (exact) mass is 606 g/mol. The van der Waals surface area contributed by atoms with Crippen molar-refractivity contribution in [3.63, 3.8) is 0 Å². The number of ketones is 1. The summed E-state index contributed by atoms with van der Waals surface area (Å²) in [5.41, 5.74) is 9.19. The van der Waals surface area contributed by atoms with E-state index in [9.17, 15) is 14.9 Å². The Morgan fingerprint density at radius 2 is 2.05 bits per heavy atom.